The van der Waals surface area contributed by atoms with Crippen molar-refractivity contribution in [3.8, 4) is 11.1 Å². The standard InChI is InChI=1S/C18H19N5OS/c1-11-17(25-13(3)21-11)18(24)23(4)10-16-15(9-20-12(2)22-16)14-5-7-19-8-6-14/h5-9H,10H2,1-4H3. The van der Waals surface area contributed by atoms with E-state index in [1.165, 1.54) is 11.3 Å². The summed E-state index contributed by atoms with van der Waals surface area (Å²) in [4.78, 5) is 32.4. The maximum atomic E-state index is 12.8. The summed E-state index contributed by atoms with van der Waals surface area (Å²) >= 11 is 1.42. The largest absolute Gasteiger partial charge is 0.335 e. The van der Waals surface area contributed by atoms with E-state index >= 15 is 0 Å². The Morgan fingerprint density at radius 3 is 2.52 bits per heavy atom. The Morgan fingerprint density at radius 2 is 1.88 bits per heavy atom. The van der Waals surface area contributed by atoms with Gasteiger partial charge in [0.1, 0.15) is 10.7 Å². The highest BCUT2D eigenvalue weighted by molar-refractivity contribution is 7.13. The summed E-state index contributed by atoms with van der Waals surface area (Å²) in [7, 11) is 1.78. The van der Waals surface area contributed by atoms with E-state index in [0.717, 1.165) is 27.5 Å². The van der Waals surface area contributed by atoms with Crippen molar-refractivity contribution in [1.82, 2.24) is 24.8 Å². The van der Waals surface area contributed by atoms with Crippen LogP contribution in [0.25, 0.3) is 11.1 Å². The Hall–Kier alpha value is -2.67. The van der Waals surface area contributed by atoms with E-state index in [2.05, 4.69) is 19.9 Å². The van der Waals surface area contributed by atoms with Gasteiger partial charge in [0.15, 0.2) is 0 Å². The molecule has 3 aromatic rings. The molecule has 128 valence electrons. The molecule has 0 aliphatic carbocycles. The minimum Gasteiger partial charge on any atom is -0.335 e. The van der Waals surface area contributed by atoms with Crippen LogP contribution in [0.1, 0.15) is 31.9 Å². The molecule has 0 aliphatic heterocycles. The minimum atomic E-state index is -0.0416. The third kappa shape index (κ3) is 3.71. The average Bonchev–Trinajstić information content (AvgIpc) is 2.93. The van der Waals surface area contributed by atoms with Crippen molar-refractivity contribution in [2.24, 2.45) is 0 Å². The summed E-state index contributed by atoms with van der Waals surface area (Å²) in [6.07, 6.45) is 5.27. The van der Waals surface area contributed by atoms with Crippen LogP contribution in [-0.4, -0.2) is 37.8 Å². The van der Waals surface area contributed by atoms with Crippen LogP contribution in [0, 0.1) is 20.8 Å². The average molecular weight is 353 g/mol. The number of hydrogen-bond donors (Lipinski definition) is 0. The number of nitrogens with zero attached hydrogens (tertiary/aromatic N) is 5. The van der Waals surface area contributed by atoms with Crippen LogP contribution < -0.4 is 0 Å². The summed E-state index contributed by atoms with van der Waals surface area (Å²) in [6.45, 7) is 6.01. The van der Waals surface area contributed by atoms with Gasteiger partial charge in [0, 0.05) is 31.2 Å². The van der Waals surface area contributed by atoms with Gasteiger partial charge in [-0.2, -0.15) is 0 Å². The van der Waals surface area contributed by atoms with E-state index in [4.69, 9.17) is 0 Å². The van der Waals surface area contributed by atoms with Crippen molar-refractivity contribution in [2.75, 3.05) is 7.05 Å². The van der Waals surface area contributed by atoms with Crippen LogP contribution in [0.3, 0.4) is 0 Å². The van der Waals surface area contributed by atoms with E-state index in [-0.39, 0.29) is 5.91 Å². The zero-order valence-electron chi connectivity index (χ0n) is 14.6. The molecular weight excluding hydrogens is 334 g/mol. The molecule has 0 unspecified atom stereocenters. The molecule has 0 saturated heterocycles. The summed E-state index contributed by atoms with van der Waals surface area (Å²) in [5, 5.41) is 0.893. The molecule has 3 rings (SSSR count). The fourth-order valence-electron chi connectivity index (χ4n) is 2.61. The van der Waals surface area contributed by atoms with Gasteiger partial charge in [0.05, 0.1) is 22.9 Å². The first-order chi connectivity index (χ1) is 12.0. The topological polar surface area (TPSA) is 71.9 Å². The minimum absolute atomic E-state index is 0.0416. The van der Waals surface area contributed by atoms with E-state index in [1.54, 1.807) is 30.5 Å². The Kier molecular flexibility index (Phi) is 4.85. The quantitative estimate of drug-likeness (QED) is 0.720. The van der Waals surface area contributed by atoms with Crippen molar-refractivity contribution in [3.05, 3.63) is 57.8 Å². The predicted octanol–water partition coefficient (Wildman–Crippen LogP) is 3.19. The van der Waals surface area contributed by atoms with Gasteiger partial charge >= 0.3 is 0 Å². The second kappa shape index (κ2) is 7.06. The number of rotatable bonds is 4. The van der Waals surface area contributed by atoms with Crippen molar-refractivity contribution in [2.45, 2.75) is 27.3 Å². The first-order valence-corrected chi connectivity index (χ1v) is 8.69. The molecule has 0 atom stereocenters. The highest BCUT2D eigenvalue weighted by Gasteiger charge is 2.20. The molecule has 0 spiro atoms. The Labute approximate surface area is 150 Å². The Balaban J connectivity index is 1.91. The van der Waals surface area contributed by atoms with Crippen LogP contribution in [0.5, 0.6) is 0 Å². The molecule has 0 N–H and O–H groups in total. The van der Waals surface area contributed by atoms with Crippen LogP contribution in [-0.2, 0) is 6.54 Å². The van der Waals surface area contributed by atoms with Crippen molar-refractivity contribution in [1.29, 1.82) is 0 Å². The molecule has 1 amide bonds. The lowest BCUT2D eigenvalue weighted by molar-refractivity contribution is 0.0787. The number of carbonyl (C=O) groups is 1. The van der Waals surface area contributed by atoms with Crippen LogP contribution in [0.4, 0.5) is 0 Å². The van der Waals surface area contributed by atoms with Gasteiger partial charge in [-0.15, -0.1) is 11.3 Å². The lowest BCUT2D eigenvalue weighted by Crippen LogP contribution is -2.27. The maximum Gasteiger partial charge on any atom is 0.265 e. The molecule has 6 nitrogen and oxygen atoms in total. The molecule has 0 radical (unpaired) electrons. The van der Waals surface area contributed by atoms with Gasteiger partial charge in [0.2, 0.25) is 0 Å². The SMILES string of the molecule is Cc1ncc(-c2ccncc2)c(CN(C)C(=O)c2sc(C)nc2C)n1. The highest BCUT2D eigenvalue weighted by atomic mass is 32.1. The predicted molar refractivity (Wildman–Crippen MR) is 97.4 cm³/mol. The fourth-order valence-corrected chi connectivity index (χ4v) is 3.52. The molecule has 0 saturated carbocycles. The summed E-state index contributed by atoms with van der Waals surface area (Å²) in [5.74, 6) is 0.638. The van der Waals surface area contributed by atoms with Gasteiger partial charge in [-0.05, 0) is 38.5 Å². The number of carbonyl (C=O) groups excluding carboxylic acids is 1. The third-order valence-electron chi connectivity index (χ3n) is 3.81. The lowest BCUT2D eigenvalue weighted by Gasteiger charge is -2.18. The van der Waals surface area contributed by atoms with Gasteiger partial charge < -0.3 is 4.90 Å². The van der Waals surface area contributed by atoms with Crippen LogP contribution >= 0.6 is 11.3 Å². The fraction of sp³-hybridized carbons (Fsp3) is 0.278. The zero-order valence-corrected chi connectivity index (χ0v) is 15.5. The Bertz CT molecular complexity index is 907. The second-order valence-corrected chi connectivity index (χ2v) is 7.03. The van der Waals surface area contributed by atoms with Gasteiger partial charge in [0.25, 0.3) is 5.91 Å². The third-order valence-corrected chi connectivity index (χ3v) is 4.87. The normalized spacial score (nSPS) is 10.7. The zero-order chi connectivity index (χ0) is 18.0. The molecule has 3 aromatic heterocycles. The van der Waals surface area contributed by atoms with E-state index < -0.39 is 0 Å². The maximum absolute atomic E-state index is 12.8. The number of amides is 1. The molecule has 0 fully saturated rings. The number of pyridine rings is 1. The van der Waals surface area contributed by atoms with Crippen molar-refractivity contribution >= 4 is 17.2 Å². The van der Waals surface area contributed by atoms with Crippen molar-refractivity contribution < 1.29 is 4.79 Å². The van der Waals surface area contributed by atoms with Gasteiger partial charge in [-0.1, -0.05) is 0 Å². The molecule has 0 aromatic carbocycles. The summed E-state index contributed by atoms with van der Waals surface area (Å²) in [6, 6.07) is 3.83. The van der Waals surface area contributed by atoms with Gasteiger partial charge in [-0.25, -0.2) is 15.0 Å². The number of hydrogen-bond acceptors (Lipinski definition) is 6. The van der Waals surface area contributed by atoms with Crippen LogP contribution in [0.2, 0.25) is 0 Å². The summed E-state index contributed by atoms with van der Waals surface area (Å²) in [5.41, 5.74) is 3.47. The molecular formula is C18H19N5OS. The monoisotopic (exact) mass is 353 g/mol. The first-order valence-electron chi connectivity index (χ1n) is 7.88. The molecule has 3 heterocycles. The Morgan fingerprint density at radius 1 is 1.16 bits per heavy atom. The van der Waals surface area contributed by atoms with Crippen molar-refractivity contribution in [3.63, 3.8) is 0 Å². The highest BCUT2D eigenvalue weighted by Crippen LogP contribution is 2.24. The first kappa shape index (κ1) is 17.2. The van der Waals surface area contributed by atoms with E-state index in [1.807, 2.05) is 32.9 Å². The molecule has 7 heteroatoms. The van der Waals surface area contributed by atoms with Crippen LogP contribution in [0.15, 0.2) is 30.7 Å². The molecule has 0 bridgehead atoms. The number of thiazole rings is 1. The smallest absolute Gasteiger partial charge is 0.265 e. The van der Waals surface area contributed by atoms with E-state index in [0.29, 0.717) is 17.2 Å². The van der Waals surface area contributed by atoms with E-state index in [9.17, 15) is 4.79 Å². The molecule has 0 aliphatic rings. The number of aryl methyl sites for hydroxylation is 3. The van der Waals surface area contributed by atoms with Gasteiger partial charge in [-0.3, -0.25) is 9.78 Å². The lowest BCUT2D eigenvalue weighted by atomic mass is 10.1. The number of aromatic nitrogens is 4. The summed E-state index contributed by atoms with van der Waals surface area (Å²) < 4.78 is 0. The second-order valence-electron chi connectivity index (χ2n) is 5.82. The molecule has 25 heavy (non-hydrogen) atoms.